The van der Waals surface area contributed by atoms with Crippen LogP contribution >= 0.6 is 11.3 Å². The first-order valence-corrected chi connectivity index (χ1v) is 7.29. The van der Waals surface area contributed by atoms with Gasteiger partial charge >= 0.3 is 0 Å². The van der Waals surface area contributed by atoms with Crippen LogP contribution in [-0.4, -0.2) is 32.0 Å². The van der Waals surface area contributed by atoms with Crippen LogP contribution in [-0.2, 0) is 0 Å². The predicted octanol–water partition coefficient (Wildman–Crippen LogP) is 2.11. The fourth-order valence-electron chi connectivity index (χ4n) is 2.08. The van der Waals surface area contributed by atoms with E-state index in [0.717, 1.165) is 0 Å². The van der Waals surface area contributed by atoms with Gasteiger partial charge in [0.15, 0.2) is 0 Å². The number of thiophene rings is 1. The number of hydrogen-bond acceptors (Lipinski definition) is 5. The monoisotopic (exact) mass is 303 g/mol. The Morgan fingerprint density at radius 3 is 3.00 bits per heavy atom. The van der Waals surface area contributed by atoms with E-state index in [1.165, 1.54) is 11.3 Å². The molecule has 2 aromatic rings. The Morgan fingerprint density at radius 2 is 2.24 bits per heavy atom. The molecule has 0 fully saturated rings. The van der Waals surface area contributed by atoms with Gasteiger partial charge < -0.3 is 14.8 Å². The number of ether oxygens (including phenoxy) is 2. The summed E-state index contributed by atoms with van der Waals surface area (Å²) in [5.74, 6) is 0.800. The Bertz CT molecular complexity index is 707. The van der Waals surface area contributed by atoms with Gasteiger partial charge in [0.25, 0.3) is 5.91 Å². The molecule has 0 unspecified atom stereocenters. The van der Waals surface area contributed by atoms with Crippen molar-refractivity contribution < 1.29 is 19.1 Å². The van der Waals surface area contributed by atoms with E-state index in [1.54, 1.807) is 36.8 Å². The van der Waals surface area contributed by atoms with Crippen molar-refractivity contribution in [1.29, 1.82) is 0 Å². The largest absolute Gasteiger partial charge is 0.496 e. The van der Waals surface area contributed by atoms with E-state index in [-0.39, 0.29) is 11.7 Å². The van der Waals surface area contributed by atoms with Gasteiger partial charge in [-0.25, -0.2) is 0 Å². The SMILES string of the molecule is COc1csc(C(=O)c2ccc3c(c2)C(=O)NCCO3)c1. The van der Waals surface area contributed by atoms with Gasteiger partial charge in [-0.1, -0.05) is 0 Å². The Hall–Kier alpha value is -2.34. The lowest BCUT2D eigenvalue weighted by atomic mass is 10.0. The number of ketones is 1. The minimum Gasteiger partial charge on any atom is -0.496 e. The number of methoxy groups -OCH3 is 1. The fourth-order valence-corrected chi connectivity index (χ4v) is 2.90. The lowest BCUT2D eigenvalue weighted by Gasteiger charge is -2.06. The maximum atomic E-state index is 12.4. The zero-order valence-electron chi connectivity index (χ0n) is 11.3. The van der Waals surface area contributed by atoms with E-state index in [0.29, 0.717) is 40.7 Å². The second kappa shape index (κ2) is 5.57. The Balaban J connectivity index is 1.96. The third-order valence-corrected chi connectivity index (χ3v) is 4.07. The van der Waals surface area contributed by atoms with Gasteiger partial charge in [0.2, 0.25) is 5.78 Å². The number of fused-ring (bicyclic) bond motifs is 1. The molecule has 0 saturated heterocycles. The highest BCUT2D eigenvalue weighted by atomic mass is 32.1. The third kappa shape index (κ3) is 2.62. The van der Waals surface area contributed by atoms with Crippen molar-refractivity contribution in [3.8, 4) is 11.5 Å². The number of carbonyl (C=O) groups is 2. The highest BCUT2D eigenvalue weighted by Crippen LogP contribution is 2.27. The molecule has 1 aliphatic rings. The van der Waals surface area contributed by atoms with Crippen molar-refractivity contribution in [3.63, 3.8) is 0 Å². The Morgan fingerprint density at radius 1 is 1.38 bits per heavy atom. The average Bonchev–Trinajstić information content (AvgIpc) is 2.92. The first kappa shape index (κ1) is 13.6. The summed E-state index contributed by atoms with van der Waals surface area (Å²) in [6.07, 6.45) is 0. The zero-order chi connectivity index (χ0) is 14.8. The predicted molar refractivity (Wildman–Crippen MR) is 78.6 cm³/mol. The third-order valence-electron chi connectivity index (χ3n) is 3.17. The summed E-state index contributed by atoms with van der Waals surface area (Å²) in [4.78, 5) is 25.0. The second-order valence-corrected chi connectivity index (χ2v) is 5.41. The molecule has 0 aliphatic carbocycles. The molecule has 1 aromatic heterocycles. The van der Waals surface area contributed by atoms with Gasteiger partial charge in [0.1, 0.15) is 18.1 Å². The number of amides is 1. The first-order valence-electron chi connectivity index (χ1n) is 6.41. The van der Waals surface area contributed by atoms with E-state index in [9.17, 15) is 9.59 Å². The molecule has 1 N–H and O–H groups in total. The maximum absolute atomic E-state index is 12.4. The van der Waals surface area contributed by atoms with Crippen molar-refractivity contribution in [2.24, 2.45) is 0 Å². The molecule has 1 aliphatic heterocycles. The molecule has 5 nitrogen and oxygen atoms in total. The van der Waals surface area contributed by atoms with Crippen LogP contribution in [0.1, 0.15) is 25.6 Å². The second-order valence-electron chi connectivity index (χ2n) is 4.50. The molecule has 1 amide bonds. The van der Waals surface area contributed by atoms with Gasteiger partial charge in [-0.3, -0.25) is 9.59 Å². The highest BCUT2D eigenvalue weighted by molar-refractivity contribution is 7.12. The molecular formula is C15H13NO4S. The average molecular weight is 303 g/mol. The van der Waals surface area contributed by atoms with Crippen LogP contribution in [0.3, 0.4) is 0 Å². The Labute approximate surface area is 125 Å². The van der Waals surface area contributed by atoms with E-state index in [1.807, 2.05) is 0 Å². The van der Waals surface area contributed by atoms with E-state index < -0.39 is 0 Å². The van der Waals surface area contributed by atoms with Crippen molar-refractivity contribution in [2.45, 2.75) is 0 Å². The highest BCUT2D eigenvalue weighted by Gasteiger charge is 2.20. The molecule has 0 saturated carbocycles. The van der Waals surface area contributed by atoms with Gasteiger partial charge in [-0.2, -0.15) is 0 Å². The minimum absolute atomic E-state index is 0.136. The molecule has 0 spiro atoms. The van der Waals surface area contributed by atoms with Crippen LogP contribution in [0.15, 0.2) is 29.6 Å². The van der Waals surface area contributed by atoms with Crippen molar-refractivity contribution in [3.05, 3.63) is 45.6 Å². The number of rotatable bonds is 3. The smallest absolute Gasteiger partial charge is 0.255 e. The topological polar surface area (TPSA) is 64.6 Å². The molecule has 2 heterocycles. The summed E-state index contributed by atoms with van der Waals surface area (Å²) in [7, 11) is 1.56. The molecule has 0 atom stereocenters. The summed E-state index contributed by atoms with van der Waals surface area (Å²) in [6, 6.07) is 6.60. The summed E-state index contributed by atoms with van der Waals surface area (Å²) in [5.41, 5.74) is 0.848. The number of nitrogens with one attached hydrogen (secondary N) is 1. The van der Waals surface area contributed by atoms with Crippen molar-refractivity contribution in [1.82, 2.24) is 5.32 Å². The van der Waals surface area contributed by atoms with E-state index in [4.69, 9.17) is 9.47 Å². The number of hydrogen-bond donors (Lipinski definition) is 1. The Kier molecular flexibility index (Phi) is 3.62. The standard InChI is InChI=1S/C15H13NO4S/c1-19-10-7-13(21-8-10)14(17)9-2-3-12-11(6-9)15(18)16-4-5-20-12/h2-3,6-8H,4-5H2,1H3,(H,16,18). The van der Waals surface area contributed by atoms with Crippen LogP contribution in [0.4, 0.5) is 0 Å². The fraction of sp³-hybridized carbons (Fsp3) is 0.200. The normalized spacial score (nSPS) is 13.7. The quantitative estimate of drug-likeness (QED) is 0.882. The molecule has 3 rings (SSSR count). The van der Waals surface area contributed by atoms with Gasteiger partial charge in [0.05, 0.1) is 24.1 Å². The van der Waals surface area contributed by atoms with Crippen LogP contribution in [0.5, 0.6) is 11.5 Å². The molecular weight excluding hydrogens is 290 g/mol. The van der Waals surface area contributed by atoms with Crippen LogP contribution < -0.4 is 14.8 Å². The van der Waals surface area contributed by atoms with E-state index >= 15 is 0 Å². The van der Waals surface area contributed by atoms with Crippen LogP contribution in [0.25, 0.3) is 0 Å². The molecule has 6 heteroatoms. The van der Waals surface area contributed by atoms with Crippen LogP contribution in [0, 0.1) is 0 Å². The van der Waals surface area contributed by atoms with Gasteiger partial charge in [-0.05, 0) is 18.2 Å². The molecule has 108 valence electrons. The lowest BCUT2D eigenvalue weighted by molar-refractivity contribution is 0.0957. The maximum Gasteiger partial charge on any atom is 0.255 e. The summed E-state index contributed by atoms with van der Waals surface area (Å²) in [5, 5.41) is 4.50. The van der Waals surface area contributed by atoms with Gasteiger partial charge in [0, 0.05) is 17.0 Å². The van der Waals surface area contributed by atoms with E-state index in [2.05, 4.69) is 5.32 Å². The minimum atomic E-state index is -0.221. The molecule has 0 bridgehead atoms. The zero-order valence-corrected chi connectivity index (χ0v) is 12.2. The summed E-state index contributed by atoms with van der Waals surface area (Å²) >= 11 is 1.31. The summed E-state index contributed by atoms with van der Waals surface area (Å²) in [6.45, 7) is 0.882. The van der Waals surface area contributed by atoms with Crippen LogP contribution in [0.2, 0.25) is 0 Å². The van der Waals surface area contributed by atoms with Crippen molar-refractivity contribution in [2.75, 3.05) is 20.3 Å². The van der Waals surface area contributed by atoms with Crippen molar-refractivity contribution >= 4 is 23.0 Å². The molecule has 0 radical (unpaired) electrons. The number of benzene rings is 1. The van der Waals surface area contributed by atoms with Gasteiger partial charge in [-0.15, -0.1) is 11.3 Å². The first-order chi connectivity index (χ1) is 10.2. The lowest BCUT2D eigenvalue weighted by Crippen LogP contribution is -2.24. The molecule has 1 aromatic carbocycles. The number of carbonyl (C=O) groups excluding carboxylic acids is 2. The molecule has 21 heavy (non-hydrogen) atoms. The summed E-state index contributed by atoms with van der Waals surface area (Å²) < 4.78 is 10.5.